The third kappa shape index (κ3) is 2.41. The molecule has 0 aromatic rings. The van der Waals surface area contributed by atoms with Gasteiger partial charge in [-0.3, -0.25) is 4.90 Å². The number of likely N-dealkylation sites (N-methyl/N-ethyl adjacent to an activating group) is 2. The van der Waals surface area contributed by atoms with Crippen molar-refractivity contribution in [1.29, 1.82) is 0 Å². The maximum absolute atomic E-state index is 3.57. The van der Waals surface area contributed by atoms with Crippen molar-refractivity contribution >= 4 is 0 Å². The van der Waals surface area contributed by atoms with E-state index >= 15 is 0 Å². The minimum absolute atomic E-state index is 0.501. The molecule has 1 unspecified atom stereocenters. The van der Waals surface area contributed by atoms with Crippen LogP contribution in [-0.2, 0) is 0 Å². The lowest BCUT2D eigenvalue weighted by atomic mass is 9.75. The molecular weight excluding hydrogens is 198 g/mol. The average molecular weight is 225 g/mol. The van der Waals surface area contributed by atoms with Crippen molar-refractivity contribution in [3.63, 3.8) is 0 Å². The van der Waals surface area contributed by atoms with Gasteiger partial charge in [0.2, 0.25) is 0 Å². The SMILES string of the molecule is CCNC1CCN(CC2(N(C)C)CCC2)C1. The summed E-state index contributed by atoms with van der Waals surface area (Å²) in [4.78, 5) is 5.11. The fraction of sp³-hybridized carbons (Fsp3) is 1.00. The molecule has 1 heterocycles. The van der Waals surface area contributed by atoms with Crippen molar-refractivity contribution in [3.05, 3.63) is 0 Å². The Morgan fingerprint density at radius 2 is 2.12 bits per heavy atom. The van der Waals surface area contributed by atoms with Crippen molar-refractivity contribution in [2.75, 3.05) is 40.3 Å². The molecule has 1 aliphatic carbocycles. The minimum atomic E-state index is 0.501. The second kappa shape index (κ2) is 5.03. The molecule has 1 N–H and O–H groups in total. The third-order valence-electron chi connectivity index (χ3n) is 4.52. The van der Waals surface area contributed by atoms with Crippen molar-refractivity contribution in [1.82, 2.24) is 15.1 Å². The third-order valence-corrected chi connectivity index (χ3v) is 4.52. The van der Waals surface area contributed by atoms with E-state index in [9.17, 15) is 0 Å². The van der Waals surface area contributed by atoms with Crippen LogP contribution in [0.5, 0.6) is 0 Å². The Bertz CT molecular complexity index is 223. The van der Waals surface area contributed by atoms with E-state index in [-0.39, 0.29) is 0 Å². The summed E-state index contributed by atoms with van der Waals surface area (Å²) in [7, 11) is 4.49. The van der Waals surface area contributed by atoms with E-state index in [1.165, 1.54) is 45.3 Å². The molecule has 94 valence electrons. The molecule has 0 amide bonds. The summed E-state index contributed by atoms with van der Waals surface area (Å²) in [5.74, 6) is 0. The summed E-state index contributed by atoms with van der Waals surface area (Å²) < 4.78 is 0. The van der Waals surface area contributed by atoms with Gasteiger partial charge in [-0.1, -0.05) is 6.92 Å². The number of hydrogen-bond donors (Lipinski definition) is 1. The van der Waals surface area contributed by atoms with Crippen LogP contribution in [0.4, 0.5) is 0 Å². The van der Waals surface area contributed by atoms with Crippen LogP contribution in [0.25, 0.3) is 0 Å². The smallest absolute Gasteiger partial charge is 0.0330 e. The van der Waals surface area contributed by atoms with Gasteiger partial charge in [0, 0.05) is 24.7 Å². The molecule has 1 saturated carbocycles. The summed E-state index contributed by atoms with van der Waals surface area (Å²) >= 11 is 0. The summed E-state index contributed by atoms with van der Waals surface area (Å²) in [6.07, 6.45) is 5.53. The molecule has 16 heavy (non-hydrogen) atoms. The monoisotopic (exact) mass is 225 g/mol. The Kier molecular flexibility index (Phi) is 3.88. The molecule has 0 radical (unpaired) electrons. The van der Waals surface area contributed by atoms with E-state index < -0.39 is 0 Å². The van der Waals surface area contributed by atoms with E-state index in [0.717, 1.165) is 12.6 Å². The second-order valence-electron chi connectivity index (χ2n) is 5.75. The number of nitrogens with zero attached hydrogens (tertiary/aromatic N) is 2. The quantitative estimate of drug-likeness (QED) is 0.757. The van der Waals surface area contributed by atoms with Crippen LogP contribution < -0.4 is 5.32 Å². The van der Waals surface area contributed by atoms with Gasteiger partial charge in [0.1, 0.15) is 0 Å². The van der Waals surface area contributed by atoms with Gasteiger partial charge in [0.25, 0.3) is 0 Å². The maximum atomic E-state index is 3.57. The average Bonchev–Trinajstić information content (AvgIpc) is 2.59. The normalized spacial score (nSPS) is 29.6. The van der Waals surface area contributed by atoms with Crippen LogP contribution in [-0.4, -0.2) is 61.7 Å². The molecule has 2 rings (SSSR count). The molecule has 1 saturated heterocycles. The van der Waals surface area contributed by atoms with Crippen LogP contribution in [0.15, 0.2) is 0 Å². The first-order valence-corrected chi connectivity index (χ1v) is 6.79. The van der Waals surface area contributed by atoms with Gasteiger partial charge in [-0.2, -0.15) is 0 Å². The zero-order valence-corrected chi connectivity index (χ0v) is 11.1. The van der Waals surface area contributed by atoms with Crippen LogP contribution in [0.3, 0.4) is 0 Å². The number of hydrogen-bond acceptors (Lipinski definition) is 3. The van der Waals surface area contributed by atoms with Crippen molar-refractivity contribution < 1.29 is 0 Å². The zero-order valence-electron chi connectivity index (χ0n) is 11.1. The molecule has 1 aliphatic heterocycles. The van der Waals surface area contributed by atoms with Gasteiger partial charge >= 0.3 is 0 Å². The predicted molar refractivity (Wildman–Crippen MR) is 68.8 cm³/mol. The van der Waals surface area contributed by atoms with Crippen molar-refractivity contribution in [2.45, 2.75) is 44.2 Å². The van der Waals surface area contributed by atoms with E-state index in [0.29, 0.717) is 5.54 Å². The Balaban J connectivity index is 1.82. The van der Waals surface area contributed by atoms with Crippen LogP contribution in [0, 0.1) is 0 Å². The molecule has 2 aliphatic rings. The van der Waals surface area contributed by atoms with Gasteiger partial charge in [-0.25, -0.2) is 0 Å². The first-order chi connectivity index (χ1) is 7.66. The topological polar surface area (TPSA) is 18.5 Å². The molecule has 3 nitrogen and oxygen atoms in total. The molecule has 0 aromatic heterocycles. The van der Waals surface area contributed by atoms with E-state index in [1.807, 2.05) is 0 Å². The number of likely N-dealkylation sites (tertiary alicyclic amines) is 1. The molecule has 3 heteroatoms. The lowest BCUT2D eigenvalue weighted by molar-refractivity contribution is 0.0267. The van der Waals surface area contributed by atoms with Gasteiger partial charge < -0.3 is 10.2 Å². The van der Waals surface area contributed by atoms with E-state index in [4.69, 9.17) is 0 Å². The fourth-order valence-electron chi connectivity index (χ4n) is 3.18. The first kappa shape index (κ1) is 12.3. The summed E-state index contributed by atoms with van der Waals surface area (Å²) in [5, 5.41) is 3.57. The first-order valence-electron chi connectivity index (χ1n) is 6.79. The van der Waals surface area contributed by atoms with Gasteiger partial charge in [-0.05, 0) is 52.9 Å². The molecular formula is C13H27N3. The van der Waals surface area contributed by atoms with Crippen LogP contribution >= 0.6 is 0 Å². The van der Waals surface area contributed by atoms with Crippen molar-refractivity contribution in [3.8, 4) is 0 Å². The highest BCUT2D eigenvalue weighted by Gasteiger charge is 2.41. The van der Waals surface area contributed by atoms with E-state index in [2.05, 4.69) is 36.1 Å². The Morgan fingerprint density at radius 3 is 2.62 bits per heavy atom. The van der Waals surface area contributed by atoms with Crippen LogP contribution in [0.2, 0.25) is 0 Å². The standard InChI is InChI=1S/C13H27N3/c1-4-14-12-6-9-16(10-12)11-13(15(2)3)7-5-8-13/h12,14H,4-11H2,1-3H3. The zero-order chi connectivity index (χ0) is 11.6. The molecule has 0 bridgehead atoms. The predicted octanol–water partition coefficient (Wildman–Crippen LogP) is 1.15. The summed E-state index contributed by atoms with van der Waals surface area (Å²) in [6.45, 7) is 7.13. The lowest BCUT2D eigenvalue weighted by Gasteiger charge is -2.49. The Hall–Kier alpha value is -0.120. The van der Waals surface area contributed by atoms with E-state index in [1.54, 1.807) is 0 Å². The minimum Gasteiger partial charge on any atom is -0.313 e. The maximum Gasteiger partial charge on any atom is 0.0330 e. The Morgan fingerprint density at radius 1 is 1.38 bits per heavy atom. The van der Waals surface area contributed by atoms with Gasteiger partial charge in [0.05, 0.1) is 0 Å². The van der Waals surface area contributed by atoms with Gasteiger partial charge in [0.15, 0.2) is 0 Å². The highest BCUT2D eigenvalue weighted by molar-refractivity contribution is 4.99. The molecule has 2 fully saturated rings. The summed E-state index contributed by atoms with van der Waals surface area (Å²) in [6, 6.07) is 0.740. The molecule has 0 spiro atoms. The number of rotatable bonds is 5. The Labute approximate surface area is 100 Å². The number of nitrogens with one attached hydrogen (secondary N) is 1. The van der Waals surface area contributed by atoms with Gasteiger partial charge in [-0.15, -0.1) is 0 Å². The fourth-order valence-corrected chi connectivity index (χ4v) is 3.18. The molecule has 0 aromatic carbocycles. The van der Waals surface area contributed by atoms with Crippen LogP contribution in [0.1, 0.15) is 32.6 Å². The lowest BCUT2D eigenvalue weighted by Crippen LogP contribution is -2.57. The largest absolute Gasteiger partial charge is 0.313 e. The summed E-state index contributed by atoms with van der Waals surface area (Å²) in [5.41, 5.74) is 0.501. The highest BCUT2D eigenvalue weighted by atomic mass is 15.3. The second-order valence-corrected chi connectivity index (χ2v) is 5.75. The molecule has 1 atom stereocenters. The highest BCUT2D eigenvalue weighted by Crippen LogP contribution is 2.37. The van der Waals surface area contributed by atoms with Crippen molar-refractivity contribution in [2.24, 2.45) is 0 Å².